The van der Waals surface area contributed by atoms with E-state index in [0.29, 0.717) is 12.8 Å². The van der Waals surface area contributed by atoms with E-state index in [9.17, 15) is 4.79 Å². The molecule has 0 aromatic rings. The topological polar surface area (TPSA) is 55.1 Å². The molecule has 1 unspecified atom stereocenters. The summed E-state index contributed by atoms with van der Waals surface area (Å²) in [4.78, 5) is 11.2. The summed E-state index contributed by atoms with van der Waals surface area (Å²) in [6.07, 6.45) is 6.20. The van der Waals surface area contributed by atoms with E-state index < -0.39 is 0 Å². The Balaban J connectivity index is 3.72. The maximum atomic E-state index is 11.2. The highest BCUT2D eigenvalue weighted by Gasteiger charge is 2.13. The fourth-order valence-corrected chi connectivity index (χ4v) is 0.791. The van der Waals surface area contributed by atoms with Crippen molar-refractivity contribution in [3.8, 4) is 12.3 Å². The van der Waals surface area contributed by atoms with Crippen LogP contribution in [0.15, 0.2) is 0 Å². The minimum absolute atomic E-state index is 0.0380. The van der Waals surface area contributed by atoms with Crippen LogP contribution in [0.4, 0.5) is 0 Å². The Hall–Kier alpha value is -1.01. The zero-order valence-electron chi connectivity index (χ0n) is 8.55. The lowest BCUT2D eigenvalue weighted by Gasteiger charge is -2.18. The molecule has 0 fully saturated rings. The van der Waals surface area contributed by atoms with Crippen molar-refractivity contribution in [1.82, 2.24) is 5.32 Å². The van der Waals surface area contributed by atoms with Crippen LogP contribution in [0, 0.1) is 12.3 Å². The lowest BCUT2D eigenvalue weighted by Crippen LogP contribution is -2.36. The number of rotatable bonds is 4. The Morgan fingerprint density at radius 1 is 1.69 bits per heavy atom. The van der Waals surface area contributed by atoms with E-state index in [0.717, 1.165) is 0 Å². The number of carbonyl (C=O) groups excluding carboxylic acids is 1. The molecule has 0 aromatic carbocycles. The molecule has 0 heterocycles. The normalized spacial score (nSPS) is 13.2. The van der Waals surface area contributed by atoms with E-state index in [-0.39, 0.29) is 17.5 Å². The van der Waals surface area contributed by atoms with Gasteiger partial charge in [-0.05, 0) is 27.2 Å². The van der Waals surface area contributed by atoms with E-state index in [1.807, 2.05) is 13.8 Å². The third-order valence-corrected chi connectivity index (χ3v) is 1.62. The van der Waals surface area contributed by atoms with Gasteiger partial charge in [0.05, 0.1) is 6.04 Å². The summed E-state index contributed by atoms with van der Waals surface area (Å²) >= 11 is 0. The van der Waals surface area contributed by atoms with Crippen molar-refractivity contribution in [2.45, 2.75) is 45.2 Å². The summed E-state index contributed by atoms with van der Waals surface area (Å²) < 4.78 is 0. The second-order valence-corrected chi connectivity index (χ2v) is 3.94. The second-order valence-electron chi connectivity index (χ2n) is 3.94. The molecule has 3 N–H and O–H groups in total. The number of amides is 1. The van der Waals surface area contributed by atoms with Crippen LogP contribution in [0.3, 0.4) is 0 Å². The highest BCUT2D eigenvalue weighted by molar-refractivity contribution is 5.76. The van der Waals surface area contributed by atoms with Crippen molar-refractivity contribution in [3.05, 3.63) is 0 Å². The first-order valence-electron chi connectivity index (χ1n) is 4.39. The van der Waals surface area contributed by atoms with Crippen molar-refractivity contribution >= 4 is 5.91 Å². The molecule has 0 radical (unpaired) electrons. The van der Waals surface area contributed by atoms with Crippen LogP contribution in [0.25, 0.3) is 0 Å². The van der Waals surface area contributed by atoms with Gasteiger partial charge >= 0.3 is 0 Å². The molecule has 0 aliphatic heterocycles. The molecule has 3 heteroatoms. The minimum Gasteiger partial charge on any atom is -0.343 e. The number of hydrogen-bond donors (Lipinski definition) is 2. The van der Waals surface area contributed by atoms with Crippen LogP contribution in [-0.2, 0) is 4.79 Å². The van der Waals surface area contributed by atoms with Gasteiger partial charge in [-0.2, -0.15) is 0 Å². The third kappa shape index (κ3) is 7.35. The van der Waals surface area contributed by atoms with Crippen LogP contribution < -0.4 is 11.1 Å². The van der Waals surface area contributed by atoms with Gasteiger partial charge in [-0.25, -0.2) is 0 Å². The number of nitrogens with one attached hydrogen (secondary N) is 1. The van der Waals surface area contributed by atoms with Crippen LogP contribution in [0.5, 0.6) is 0 Å². The largest absolute Gasteiger partial charge is 0.343 e. The van der Waals surface area contributed by atoms with E-state index in [1.165, 1.54) is 0 Å². The van der Waals surface area contributed by atoms with Gasteiger partial charge in [0, 0.05) is 12.0 Å². The molecule has 0 rings (SSSR count). The van der Waals surface area contributed by atoms with Crippen molar-refractivity contribution in [1.29, 1.82) is 0 Å². The molecule has 0 aliphatic carbocycles. The smallest absolute Gasteiger partial charge is 0.221 e. The summed E-state index contributed by atoms with van der Waals surface area (Å²) in [7, 11) is 0. The van der Waals surface area contributed by atoms with Gasteiger partial charge in [-0.15, -0.1) is 6.42 Å². The highest BCUT2D eigenvalue weighted by atomic mass is 16.1. The van der Waals surface area contributed by atoms with E-state index in [2.05, 4.69) is 11.2 Å². The molecule has 13 heavy (non-hydrogen) atoms. The maximum Gasteiger partial charge on any atom is 0.221 e. The molecule has 1 amide bonds. The quantitative estimate of drug-likeness (QED) is 0.627. The predicted molar refractivity (Wildman–Crippen MR) is 53.9 cm³/mol. The summed E-state index contributed by atoms with van der Waals surface area (Å²) in [5.41, 5.74) is 5.43. The molecular formula is C10H18N2O. The zero-order valence-corrected chi connectivity index (χ0v) is 8.55. The van der Waals surface area contributed by atoms with Crippen LogP contribution in [-0.4, -0.2) is 17.5 Å². The summed E-state index contributed by atoms with van der Waals surface area (Å²) in [6.45, 7) is 5.56. The Labute approximate surface area is 80.1 Å². The molecule has 0 spiro atoms. The molecule has 0 aliphatic rings. The Kier molecular flexibility index (Phi) is 4.50. The highest BCUT2D eigenvalue weighted by Crippen LogP contribution is 2.06. The summed E-state index contributed by atoms with van der Waals surface area (Å²) in [5, 5.41) is 2.67. The van der Waals surface area contributed by atoms with Crippen molar-refractivity contribution < 1.29 is 4.79 Å². The second kappa shape index (κ2) is 4.88. The lowest BCUT2D eigenvalue weighted by atomic mass is 10.00. The first-order chi connectivity index (χ1) is 5.85. The fraction of sp³-hybridized carbons (Fsp3) is 0.700. The van der Waals surface area contributed by atoms with Crippen molar-refractivity contribution in [3.63, 3.8) is 0 Å². The van der Waals surface area contributed by atoms with Gasteiger partial charge in [0.1, 0.15) is 0 Å². The number of carbonyl (C=O) groups is 1. The number of hydrogen-bond acceptors (Lipinski definition) is 2. The first kappa shape index (κ1) is 12.0. The van der Waals surface area contributed by atoms with Gasteiger partial charge in [0.2, 0.25) is 5.91 Å². The van der Waals surface area contributed by atoms with Gasteiger partial charge in [-0.3, -0.25) is 4.79 Å². The van der Waals surface area contributed by atoms with E-state index in [1.54, 1.807) is 6.92 Å². The van der Waals surface area contributed by atoms with Crippen LogP contribution >= 0.6 is 0 Å². The Morgan fingerprint density at radius 3 is 2.62 bits per heavy atom. The van der Waals surface area contributed by atoms with E-state index in [4.69, 9.17) is 12.2 Å². The van der Waals surface area contributed by atoms with Crippen molar-refractivity contribution in [2.24, 2.45) is 5.73 Å². The Bertz CT molecular complexity index is 210. The molecule has 0 bridgehead atoms. The summed E-state index contributed by atoms with van der Waals surface area (Å²) in [5.74, 6) is 2.39. The Morgan fingerprint density at radius 2 is 2.23 bits per heavy atom. The van der Waals surface area contributed by atoms with Crippen molar-refractivity contribution in [2.75, 3.05) is 0 Å². The maximum absolute atomic E-state index is 11.2. The average Bonchev–Trinajstić information content (AvgIpc) is 1.99. The number of nitrogens with two attached hydrogens (primary N) is 1. The zero-order chi connectivity index (χ0) is 10.5. The molecule has 1 atom stereocenters. The third-order valence-electron chi connectivity index (χ3n) is 1.62. The standard InChI is InChI=1S/C10H18N2O/c1-5-8(2)12-9(13)6-7-10(3,4)11/h1,8H,6-7,11H2,2-4H3,(H,12,13). The van der Waals surface area contributed by atoms with Gasteiger partial charge in [-0.1, -0.05) is 5.92 Å². The van der Waals surface area contributed by atoms with Gasteiger partial charge in [0.15, 0.2) is 0 Å². The minimum atomic E-state index is -0.295. The summed E-state index contributed by atoms with van der Waals surface area (Å²) in [6, 6.07) is -0.201. The SMILES string of the molecule is C#CC(C)NC(=O)CCC(C)(C)N. The van der Waals surface area contributed by atoms with Crippen LogP contribution in [0.2, 0.25) is 0 Å². The fourth-order valence-electron chi connectivity index (χ4n) is 0.791. The predicted octanol–water partition coefficient (Wildman–Crippen LogP) is 0.642. The molecule has 0 saturated carbocycles. The average molecular weight is 182 g/mol. The number of terminal acetylenes is 1. The molecule has 0 aromatic heterocycles. The van der Waals surface area contributed by atoms with Crippen LogP contribution in [0.1, 0.15) is 33.6 Å². The van der Waals surface area contributed by atoms with Gasteiger partial charge in [0.25, 0.3) is 0 Å². The molecule has 0 saturated heterocycles. The van der Waals surface area contributed by atoms with E-state index >= 15 is 0 Å². The molecular weight excluding hydrogens is 164 g/mol. The molecule has 3 nitrogen and oxygen atoms in total. The molecule has 74 valence electrons. The lowest BCUT2D eigenvalue weighted by molar-refractivity contribution is -0.121. The van der Waals surface area contributed by atoms with Gasteiger partial charge < -0.3 is 11.1 Å². The first-order valence-corrected chi connectivity index (χ1v) is 4.39. The monoisotopic (exact) mass is 182 g/mol.